The van der Waals surface area contributed by atoms with E-state index in [1.165, 1.54) is 30.5 Å². The van der Waals surface area contributed by atoms with E-state index in [0.29, 0.717) is 18.2 Å². The summed E-state index contributed by atoms with van der Waals surface area (Å²) in [5.74, 6) is 1.61. The lowest BCUT2D eigenvalue weighted by Gasteiger charge is -2.28. The second kappa shape index (κ2) is 6.36. The standard InChI is InChI=1S/C20H27N3O2/c1-13-11-17(14(2)25-13)20(24)23(15-7-4-5-8-15)12-18-16-9-6-10-19(16)22(3)21-18/h11,15H,4-10,12H2,1-3H3. The lowest BCUT2D eigenvalue weighted by Crippen LogP contribution is -2.38. The van der Waals surface area contributed by atoms with Gasteiger partial charge in [-0.05, 0) is 57.6 Å². The van der Waals surface area contributed by atoms with Crippen molar-refractivity contribution in [3.8, 4) is 0 Å². The first-order valence-corrected chi connectivity index (χ1v) is 9.46. The van der Waals surface area contributed by atoms with Crippen LogP contribution in [0.1, 0.15) is 70.9 Å². The number of aryl methyl sites for hydroxylation is 3. The van der Waals surface area contributed by atoms with Crippen LogP contribution in [0.25, 0.3) is 0 Å². The zero-order valence-corrected chi connectivity index (χ0v) is 15.5. The molecule has 0 aromatic carbocycles. The molecule has 2 aliphatic rings. The van der Waals surface area contributed by atoms with Crippen molar-refractivity contribution in [1.29, 1.82) is 0 Å². The first-order valence-electron chi connectivity index (χ1n) is 9.46. The summed E-state index contributed by atoms with van der Waals surface area (Å²) in [6.45, 7) is 4.40. The van der Waals surface area contributed by atoms with E-state index < -0.39 is 0 Å². The molecule has 0 aliphatic heterocycles. The Kier molecular flexibility index (Phi) is 4.18. The molecule has 0 saturated heterocycles. The monoisotopic (exact) mass is 341 g/mol. The topological polar surface area (TPSA) is 51.3 Å². The average molecular weight is 341 g/mol. The second-order valence-electron chi connectivity index (χ2n) is 7.55. The van der Waals surface area contributed by atoms with Gasteiger partial charge in [0, 0.05) is 18.8 Å². The highest BCUT2D eigenvalue weighted by Crippen LogP contribution is 2.31. The minimum Gasteiger partial charge on any atom is -0.466 e. The highest BCUT2D eigenvalue weighted by molar-refractivity contribution is 5.95. The number of fused-ring (bicyclic) bond motifs is 1. The molecular weight excluding hydrogens is 314 g/mol. The molecule has 1 fully saturated rings. The lowest BCUT2D eigenvalue weighted by atomic mass is 10.1. The van der Waals surface area contributed by atoms with Crippen LogP contribution < -0.4 is 0 Å². The molecule has 0 bridgehead atoms. The molecule has 1 amide bonds. The van der Waals surface area contributed by atoms with E-state index in [1.807, 2.05) is 31.6 Å². The smallest absolute Gasteiger partial charge is 0.258 e. The van der Waals surface area contributed by atoms with Gasteiger partial charge in [-0.2, -0.15) is 5.10 Å². The van der Waals surface area contributed by atoms with Gasteiger partial charge in [-0.3, -0.25) is 9.48 Å². The van der Waals surface area contributed by atoms with Crippen molar-refractivity contribution in [2.75, 3.05) is 0 Å². The summed E-state index contributed by atoms with van der Waals surface area (Å²) in [6, 6.07) is 2.20. The normalized spacial score (nSPS) is 17.2. The molecule has 5 heteroatoms. The van der Waals surface area contributed by atoms with Gasteiger partial charge in [-0.25, -0.2) is 0 Å². The molecule has 0 unspecified atom stereocenters. The molecule has 134 valence electrons. The van der Waals surface area contributed by atoms with Crippen molar-refractivity contribution < 1.29 is 9.21 Å². The Bertz CT molecular complexity index is 796. The maximum absolute atomic E-state index is 13.3. The Morgan fingerprint density at radius 2 is 2.04 bits per heavy atom. The molecule has 0 spiro atoms. The van der Waals surface area contributed by atoms with E-state index in [-0.39, 0.29) is 5.91 Å². The van der Waals surface area contributed by atoms with Crippen LogP contribution in [0, 0.1) is 13.8 Å². The number of amides is 1. The van der Waals surface area contributed by atoms with Gasteiger partial charge in [0.2, 0.25) is 0 Å². The highest BCUT2D eigenvalue weighted by atomic mass is 16.3. The fourth-order valence-corrected chi connectivity index (χ4v) is 4.57. The van der Waals surface area contributed by atoms with Crippen LogP contribution >= 0.6 is 0 Å². The number of rotatable bonds is 4. The third-order valence-electron chi connectivity index (χ3n) is 5.82. The van der Waals surface area contributed by atoms with E-state index in [2.05, 4.69) is 4.90 Å². The molecule has 2 aromatic rings. The number of hydrogen-bond donors (Lipinski definition) is 0. The minimum absolute atomic E-state index is 0.0960. The molecular formula is C20H27N3O2. The van der Waals surface area contributed by atoms with E-state index in [0.717, 1.165) is 42.9 Å². The highest BCUT2D eigenvalue weighted by Gasteiger charge is 2.32. The molecule has 0 radical (unpaired) electrons. The fraction of sp³-hybridized carbons (Fsp3) is 0.600. The van der Waals surface area contributed by atoms with Gasteiger partial charge in [0.1, 0.15) is 11.5 Å². The van der Waals surface area contributed by atoms with Crippen LogP contribution in [0.3, 0.4) is 0 Å². The van der Waals surface area contributed by atoms with Crippen molar-refractivity contribution in [1.82, 2.24) is 14.7 Å². The average Bonchev–Trinajstić information content (AvgIpc) is 3.32. The van der Waals surface area contributed by atoms with Gasteiger partial charge in [-0.15, -0.1) is 0 Å². The van der Waals surface area contributed by atoms with Crippen molar-refractivity contribution >= 4 is 5.91 Å². The third kappa shape index (κ3) is 2.90. The van der Waals surface area contributed by atoms with Gasteiger partial charge < -0.3 is 9.32 Å². The Labute approximate surface area is 149 Å². The Morgan fingerprint density at radius 1 is 1.28 bits per heavy atom. The molecule has 0 N–H and O–H groups in total. The van der Waals surface area contributed by atoms with Gasteiger partial charge in [0.15, 0.2) is 0 Å². The van der Waals surface area contributed by atoms with E-state index in [9.17, 15) is 4.79 Å². The van der Waals surface area contributed by atoms with Crippen molar-refractivity contribution in [2.24, 2.45) is 7.05 Å². The number of carbonyl (C=O) groups excluding carboxylic acids is 1. The summed E-state index contributed by atoms with van der Waals surface area (Å²) in [6.07, 6.45) is 8.00. The predicted molar refractivity (Wildman–Crippen MR) is 95.5 cm³/mol. The van der Waals surface area contributed by atoms with Gasteiger partial charge in [-0.1, -0.05) is 12.8 Å². The van der Waals surface area contributed by atoms with Crippen molar-refractivity contribution in [3.05, 3.63) is 40.1 Å². The number of hydrogen-bond acceptors (Lipinski definition) is 3. The summed E-state index contributed by atoms with van der Waals surface area (Å²) in [5, 5.41) is 4.75. The zero-order chi connectivity index (χ0) is 17.6. The molecule has 25 heavy (non-hydrogen) atoms. The van der Waals surface area contributed by atoms with Crippen LogP contribution in [-0.2, 0) is 26.4 Å². The maximum atomic E-state index is 13.3. The second-order valence-corrected chi connectivity index (χ2v) is 7.55. The summed E-state index contributed by atoms with van der Waals surface area (Å²) in [4.78, 5) is 15.4. The first kappa shape index (κ1) is 16.4. The largest absolute Gasteiger partial charge is 0.466 e. The summed E-state index contributed by atoms with van der Waals surface area (Å²) >= 11 is 0. The van der Waals surface area contributed by atoms with E-state index in [4.69, 9.17) is 9.52 Å². The van der Waals surface area contributed by atoms with Crippen LogP contribution in [-0.4, -0.2) is 26.6 Å². The molecule has 5 nitrogen and oxygen atoms in total. The first-order chi connectivity index (χ1) is 12.0. The van der Waals surface area contributed by atoms with E-state index >= 15 is 0 Å². The summed E-state index contributed by atoms with van der Waals surface area (Å²) < 4.78 is 7.63. The van der Waals surface area contributed by atoms with Crippen LogP contribution in [0.2, 0.25) is 0 Å². The molecule has 4 rings (SSSR count). The zero-order valence-electron chi connectivity index (χ0n) is 15.5. The minimum atomic E-state index is 0.0960. The number of nitrogens with zero attached hydrogens (tertiary/aromatic N) is 3. The molecule has 2 heterocycles. The van der Waals surface area contributed by atoms with Gasteiger partial charge in [0.05, 0.1) is 17.8 Å². The third-order valence-corrected chi connectivity index (χ3v) is 5.82. The number of carbonyl (C=O) groups is 1. The van der Waals surface area contributed by atoms with Crippen LogP contribution in [0.4, 0.5) is 0 Å². The molecule has 2 aromatic heterocycles. The van der Waals surface area contributed by atoms with E-state index in [1.54, 1.807) is 0 Å². The Balaban J connectivity index is 1.66. The predicted octanol–water partition coefficient (Wildman–Crippen LogP) is 3.70. The number of furan rings is 1. The molecule has 1 saturated carbocycles. The van der Waals surface area contributed by atoms with Crippen LogP contribution in [0.15, 0.2) is 10.5 Å². The molecule has 2 aliphatic carbocycles. The summed E-state index contributed by atoms with van der Waals surface area (Å²) in [7, 11) is 2.03. The van der Waals surface area contributed by atoms with Gasteiger partial charge >= 0.3 is 0 Å². The lowest BCUT2D eigenvalue weighted by molar-refractivity contribution is 0.0659. The SMILES string of the molecule is Cc1cc(C(=O)N(Cc2nn(C)c3c2CCC3)C2CCCC2)c(C)o1. The summed E-state index contributed by atoms with van der Waals surface area (Å²) in [5.41, 5.74) is 4.52. The number of aromatic nitrogens is 2. The Hall–Kier alpha value is -2.04. The van der Waals surface area contributed by atoms with Gasteiger partial charge in [0.25, 0.3) is 5.91 Å². The Morgan fingerprint density at radius 3 is 2.72 bits per heavy atom. The molecule has 0 atom stereocenters. The fourth-order valence-electron chi connectivity index (χ4n) is 4.57. The van der Waals surface area contributed by atoms with Crippen molar-refractivity contribution in [2.45, 2.75) is 71.4 Å². The van der Waals surface area contributed by atoms with Crippen LogP contribution in [0.5, 0.6) is 0 Å². The maximum Gasteiger partial charge on any atom is 0.258 e. The quantitative estimate of drug-likeness (QED) is 0.852. The van der Waals surface area contributed by atoms with Crippen molar-refractivity contribution in [3.63, 3.8) is 0 Å².